The molecule has 0 saturated heterocycles. The van der Waals surface area contributed by atoms with Gasteiger partial charge in [-0.3, -0.25) is 9.59 Å². The Morgan fingerprint density at radius 3 is 2.52 bits per heavy atom. The van der Waals surface area contributed by atoms with Gasteiger partial charge in [-0.05, 0) is 19.9 Å². The van der Waals surface area contributed by atoms with Crippen LogP contribution in [-0.4, -0.2) is 22.4 Å². The molecule has 1 aromatic heterocycles. The summed E-state index contributed by atoms with van der Waals surface area (Å²) >= 11 is 0. The Hall–Kier alpha value is -2.26. The monoisotopic (exact) mass is 287 g/mol. The van der Waals surface area contributed by atoms with Crippen molar-refractivity contribution in [3.05, 3.63) is 22.9 Å². The fourth-order valence-electron chi connectivity index (χ4n) is 2.36. The molecule has 110 valence electrons. The molecule has 1 aliphatic rings. The molecule has 21 heavy (non-hydrogen) atoms. The van der Waals surface area contributed by atoms with E-state index in [2.05, 4.69) is 4.98 Å². The number of carbonyl (C=O) groups is 2. The van der Waals surface area contributed by atoms with Crippen LogP contribution in [0.15, 0.2) is 6.07 Å². The second kappa shape index (κ2) is 5.26. The molecule has 0 bridgehead atoms. The zero-order valence-electron chi connectivity index (χ0n) is 12.6. The van der Waals surface area contributed by atoms with Crippen molar-refractivity contribution in [3.63, 3.8) is 0 Å². The summed E-state index contributed by atoms with van der Waals surface area (Å²) in [5.41, 5.74) is 1.42. The van der Waals surface area contributed by atoms with Gasteiger partial charge in [-0.1, -0.05) is 0 Å². The summed E-state index contributed by atoms with van der Waals surface area (Å²) < 4.78 is 5.69. The summed E-state index contributed by atoms with van der Waals surface area (Å²) in [5.74, 6) is -0.815. The van der Waals surface area contributed by atoms with Crippen molar-refractivity contribution >= 4 is 17.6 Å². The molecule has 2 heterocycles. The lowest BCUT2D eigenvalue weighted by molar-refractivity contribution is -0.124. The third-order valence-electron chi connectivity index (χ3n) is 3.34. The smallest absolute Gasteiger partial charge is 0.231 e. The summed E-state index contributed by atoms with van der Waals surface area (Å²) in [7, 11) is 0. The van der Waals surface area contributed by atoms with Crippen molar-refractivity contribution in [1.82, 2.24) is 4.98 Å². The van der Waals surface area contributed by atoms with Crippen molar-refractivity contribution in [3.8, 4) is 6.07 Å². The number of nitriles is 1. The third-order valence-corrected chi connectivity index (χ3v) is 3.34. The van der Waals surface area contributed by atoms with Gasteiger partial charge in [0.2, 0.25) is 11.8 Å². The van der Waals surface area contributed by atoms with Crippen LogP contribution in [0.2, 0.25) is 0 Å². The predicted molar refractivity (Wildman–Crippen MR) is 75.4 cm³/mol. The zero-order chi connectivity index (χ0) is 15.8. The highest BCUT2D eigenvalue weighted by molar-refractivity contribution is 6.13. The molecule has 2 rings (SSSR count). The van der Waals surface area contributed by atoms with E-state index in [4.69, 9.17) is 4.74 Å². The normalized spacial score (nSPS) is 15.8. The predicted octanol–water partition coefficient (Wildman–Crippen LogP) is 1.70. The Balaban J connectivity index is 2.59. The Kier molecular flexibility index (Phi) is 3.79. The van der Waals surface area contributed by atoms with Crippen molar-refractivity contribution in [2.45, 2.75) is 46.3 Å². The van der Waals surface area contributed by atoms with Gasteiger partial charge in [-0.25, -0.2) is 9.88 Å². The molecule has 0 fully saturated rings. The zero-order valence-corrected chi connectivity index (χ0v) is 12.6. The minimum Gasteiger partial charge on any atom is -0.370 e. The van der Waals surface area contributed by atoms with Crippen LogP contribution < -0.4 is 4.90 Å². The third kappa shape index (κ3) is 2.93. The van der Waals surface area contributed by atoms with Crippen molar-refractivity contribution in [1.29, 1.82) is 5.26 Å². The quantitative estimate of drug-likeness (QED) is 0.785. The number of carbonyl (C=O) groups excluding carboxylic acids is 2. The van der Waals surface area contributed by atoms with E-state index in [-0.39, 0.29) is 17.0 Å². The average Bonchev–Trinajstić information content (AvgIpc) is 2.36. The molecule has 0 aliphatic carbocycles. The van der Waals surface area contributed by atoms with Gasteiger partial charge in [0.15, 0.2) is 5.82 Å². The lowest BCUT2D eigenvalue weighted by Gasteiger charge is -2.32. The molecule has 6 nitrogen and oxygen atoms in total. The number of amides is 2. The number of rotatable bonds is 1. The van der Waals surface area contributed by atoms with E-state index >= 15 is 0 Å². The van der Waals surface area contributed by atoms with Crippen molar-refractivity contribution < 1.29 is 14.3 Å². The van der Waals surface area contributed by atoms with E-state index in [0.29, 0.717) is 13.0 Å². The summed E-state index contributed by atoms with van der Waals surface area (Å²) in [6.07, 6.45) is 0.560. The van der Waals surface area contributed by atoms with Crippen LogP contribution in [0, 0.1) is 11.3 Å². The molecular formula is C15H17N3O3. The topological polar surface area (TPSA) is 83.3 Å². The van der Waals surface area contributed by atoms with Gasteiger partial charge in [0.05, 0.1) is 23.5 Å². The SMILES string of the molecule is CC(=O)N(C(C)=O)c1nc2c(cc1C#N)COC(C)(C)C2. The Morgan fingerprint density at radius 2 is 2.00 bits per heavy atom. The number of pyridine rings is 1. The van der Waals surface area contributed by atoms with Crippen LogP contribution in [0.25, 0.3) is 0 Å². The van der Waals surface area contributed by atoms with Gasteiger partial charge >= 0.3 is 0 Å². The van der Waals surface area contributed by atoms with Gasteiger partial charge in [-0.15, -0.1) is 0 Å². The fraction of sp³-hybridized carbons (Fsp3) is 0.467. The molecule has 0 saturated carbocycles. The number of ether oxygens (including phenoxy) is 1. The maximum Gasteiger partial charge on any atom is 0.231 e. The molecule has 0 aromatic carbocycles. The average molecular weight is 287 g/mol. The molecule has 6 heteroatoms. The van der Waals surface area contributed by atoms with E-state index < -0.39 is 11.8 Å². The van der Waals surface area contributed by atoms with E-state index in [9.17, 15) is 14.9 Å². The fourth-order valence-corrected chi connectivity index (χ4v) is 2.36. The van der Waals surface area contributed by atoms with Gasteiger partial charge in [-0.2, -0.15) is 5.26 Å². The molecule has 2 amide bonds. The molecule has 1 aliphatic heterocycles. The second-order valence-electron chi connectivity index (χ2n) is 5.68. The van der Waals surface area contributed by atoms with E-state index in [1.165, 1.54) is 13.8 Å². The molecular weight excluding hydrogens is 270 g/mol. The molecule has 0 atom stereocenters. The van der Waals surface area contributed by atoms with Crippen LogP contribution in [0.4, 0.5) is 5.82 Å². The Bertz CT molecular complexity index is 645. The van der Waals surface area contributed by atoms with E-state index in [1.807, 2.05) is 19.9 Å². The highest BCUT2D eigenvalue weighted by Gasteiger charge is 2.30. The number of aromatic nitrogens is 1. The van der Waals surface area contributed by atoms with Crippen LogP contribution in [0.3, 0.4) is 0 Å². The first-order valence-electron chi connectivity index (χ1n) is 6.63. The molecule has 0 spiro atoms. The van der Waals surface area contributed by atoms with Gasteiger partial charge in [0, 0.05) is 25.8 Å². The first-order valence-corrected chi connectivity index (χ1v) is 6.63. The van der Waals surface area contributed by atoms with Crippen LogP contribution in [0.5, 0.6) is 0 Å². The lowest BCUT2D eigenvalue weighted by atomic mass is 9.95. The maximum absolute atomic E-state index is 11.7. The van der Waals surface area contributed by atoms with Crippen LogP contribution >= 0.6 is 0 Å². The highest BCUT2D eigenvalue weighted by atomic mass is 16.5. The molecule has 0 N–H and O–H groups in total. The summed E-state index contributed by atoms with van der Waals surface area (Å²) in [4.78, 5) is 28.7. The Morgan fingerprint density at radius 1 is 1.38 bits per heavy atom. The summed E-state index contributed by atoms with van der Waals surface area (Å²) in [6, 6.07) is 3.64. The van der Waals surface area contributed by atoms with E-state index in [1.54, 1.807) is 6.07 Å². The number of anilines is 1. The van der Waals surface area contributed by atoms with Gasteiger partial charge in [0.25, 0.3) is 0 Å². The van der Waals surface area contributed by atoms with Gasteiger partial charge in [0.1, 0.15) is 6.07 Å². The minimum absolute atomic E-state index is 0.106. The first kappa shape index (κ1) is 15.1. The van der Waals surface area contributed by atoms with Crippen molar-refractivity contribution in [2.75, 3.05) is 4.90 Å². The first-order chi connectivity index (χ1) is 9.75. The highest BCUT2D eigenvalue weighted by Crippen LogP contribution is 2.30. The molecule has 1 aromatic rings. The largest absolute Gasteiger partial charge is 0.370 e. The number of hydrogen-bond donors (Lipinski definition) is 0. The lowest BCUT2D eigenvalue weighted by Crippen LogP contribution is -2.37. The number of imide groups is 1. The maximum atomic E-state index is 11.7. The van der Waals surface area contributed by atoms with Gasteiger partial charge < -0.3 is 4.74 Å². The van der Waals surface area contributed by atoms with Crippen LogP contribution in [-0.2, 0) is 27.4 Å². The summed E-state index contributed by atoms with van der Waals surface area (Å²) in [5, 5.41) is 9.26. The Labute approximate surface area is 123 Å². The van der Waals surface area contributed by atoms with Crippen LogP contribution in [0.1, 0.15) is 44.5 Å². The minimum atomic E-state index is -0.460. The standard InChI is InChI=1S/C15H17N3O3/c1-9(19)18(10(2)20)14-11(7-16)5-12-8-21-15(3,4)6-13(12)17-14/h5H,6,8H2,1-4H3. The van der Waals surface area contributed by atoms with Crippen molar-refractivity contribution in [2.24, 2.45) is 0 Å². The number of nitrogens with zero attached hydrogens (tertiary/aromatic N) is 3. The number of fused-ring (bicyclic) bond motifs is 1. The number of hydrogen-bond acceptors (Lipinski definition) is 5. The molecule has 0 unspecified atom stereocenters. The molecule has 0 radical (unpaired) electrons. The van der Waals surface area contributed by atoms with E-state index in [0.717, 1.165) is 16.2 Å². The second-order valence-corrected chi connectivity index (χ2v) is 5.68. The summed E-state index contributed by atoms with van der Waals surface area (Å²) in [6.45, 7) is 6.81.